The number of carbonyl (C=O) groups excluding carboxylic acids is 1. The third kappa shape index (κ3) is 3.37. The van der Waals surface area contributed by atoms with Crippen LogP contribution in [-0.2, 0) is 9.84 Å². The van der Waals surface area contributed by atoms with Crippen molar-refractivity contribution in [2.75, 3.05) is 38.5 Å². The minimum atomic E-state index is -3.10. The highest BCUT2D eigenvalue weighted by Gasteiger charge is 2.62. The lowest BCUT2D eigenvalue weighted by molar-refractivity contribution is 0.0826. The predicted octanol–water partition coefficient (Wildman–Crippen LogP) is 2.00. The van der Waals surface area contributed by atoms with Gasteiger partial charge in [-0.2, -0.15) is 0 Å². The zero-order chi connectivity index (χ0) is 18.2. The van der Waals surface area contributed by atoms with Crippen LogP contribution in [0.15, 0.2) is 0 Å². The van der Waals surface area contributed by atoms with Gasteiger partial charge in [-0.05, 0) is 51.1 Å². The van der Waals surface area contributed by atoms with Gasteiger partial charge in [0.2, 0.25) is 0 Å². The molecule has 3 aliphatic heterocycles. The number of likely N-dealkylation sites (tertiary alicyclic amines) is 2. The van der Waals surface area contributed by atoms with E-state index >= 15 is 0 Å². The van der Waals surface area contributed by atoms with Crippen molar-refractivity contribution in [1.82, 2.24) is 15.1 Å². The monoisotopic (exact) mass is 383 g/mol. The second-order valence-electron chi connectivity index (χ2n) is 8.87. The molecule has 4 aliphatic rings. The molecule has 0 aromatic carbocycles. The third-order valence-electron chi connectivity index (χ3n) is 7.16. The van der Waals surface area contributed by atoms with E-state index in [0.717, 1.165) is 38.9 Å². The van der Waals surface area contributed by atoms with E-state index in [1.54, 1.807) is 4.90 Å². The molecule has 4 rings (SSSR count). The van der Waals surface area contributed by atoms with Crippen LogP contribution in [0.5, 0.6) is 0 Å². The number of nitrogens with zero attached hydrogens (tertiary/aromatic N) is 2. The average molecular weight is 384 g/mol. The van der Waals surface area contributed by atoms with E-state index in [9.17, 15) is 13.2 Å². The Labute approximate surface area is 157 Å². The van der Waals surface area contributed by atoms with Gasteiger partial charge in [0.25, 0.3) is 0 Å². The molecule has 6 nitrogen and oxygen atoms in total. The normalized spacial score (nSPS) is 31.7. The SMILES string of the molecule is O=C(NC1CCCCC1)N1CC2(C1)C(CN1CCCCC1)CCS2(=O)=O. The zero-order valence-electron chi connectivity index (χ0n) is 15.8. The summed E-state index contributed by atoms with van der Waals surface area (Å²) in [5.74, 6) is 0.480. The quantitative estimate of drug-likeness (QED) is 0.809. The van der Waals surface area contributed by atoms with Crippen LogP contribution in [0.4, 0.5) is 4.79 Å². The standard InChI is InChI=1S/C19H33N3O3S/c23-18(20-17-7-3-1-4-8-17)22-14-19(15-22)16(9-12-26(19,24)25)13-21-10-5-2-6-11-21/h16-17H,1-15H2,(H,20,23). The van der Waals surface area contributed by atoms with Crippen LogP contribution in [0.2, 0.25) is 0 Å². The highest BCUT2D eigenvalue weighted by Crippen LogP contribution is 2.45. The first-order chi connectivity index (χ1) is 12.5. The van der Waals surface area contributed by atoms with Crippen molar-refractivity contribution in [3.05, 3.63) is 0 Å². The largest absolute Gasteiger partial charge is 0.335 e. The van der Waals surface area contributed by atoms with E-state index < -0.39 is 14.6 Å². The third-order valence-corrected chi connectivity index (χ3v) is 9.77. The maximum atomic E-state index is 12.8. The molecule has 1 aliphatic carbocycles. The molecule has 1 N–H and O–H groups in total. The molecular weight excluding hydrogens is 350 g/mol. The minimum Gasteiger partial charge on any atom is -0.335 e. The van der Waals surface area contributed by atoms with E-state index in [-0.39, 0.29) is 18.0 Å². The van der Waals surface area contributed by atoms with Gasteiger partial charge < -0.3 is 15.1 Å². The van der Waals surface area contributed by atoms with Crippen LogP contribution in [-0.4, -0.2) is 73.5 Å². The smallest absolute Gasteiger partial charge is 0.317 e. The van der Waals surface area contributed by atoms with E-state index in [2.05, 4.69) is 10.2 Å². The number of hydrogen-bond acceptors (Lipinski definition) is 4. The van der Waals surface area contributed by atoms with Crippen molar-refractivity contribution >= 4 is 15.9 Å². The summed E-state index contributed by atoms with van der Waals surface area (Å²) in [6.45, 7) is 3.87. The summed E-state index contributed by atoms with van der Waals surface area (Å²) in [6, 6.07) is 0.221. The number of nitrogens with one attached hydrogen (secondary N) is 1. The predicted molar refractivity (Wildman–Crippen MR) is 102 cm³/mol. The molecule has 2 amide bonds. The Morgan fingerprint density at radius 3 is 2.31 bits per heavy atom. The Bertz CT molecular complexity index is 618. The van der Waals surface area contributed by atoms with Crippen LogP contribution in [0.3, 0.4) is 0 Å². The fourth-order valence-corrected chi connectivity index (χ4v) is 7.85. The van der Waals surface area contributed by atoms with E-state index in [0.29, 0.717) is 18.8 Å². The van der Waals surface area contributed by atoms with Gasteiger partial charge in [0.1, 0.15) is 4.75 Å². The van der Waals surface area contributed by atoms with Crippen molar-refractivity contribution in [2.24, 2.45) is 5.92 Å². The second-order valence-corrected chi connectivity index (χ2v) is 11.3. The summed E-state index contributed by atoms with van der Waals surface area (Å²) < 4.78 is 24.9. The molecule has 148 valence electrons. The fourth-order valence-electron chi connectivity index (χ4n) is 5.44. The second kappa shape index (κ2) is 7.30. The molecule has 1 spiro atoms. The molecule has 4 fully saturated rings. The van der Waals surface area contributed by atoms with Gasteiger partial charge in [0.15, 0.2) is 9.84 Å². The Morgan fingerprint density at radius 2 is 1.62 bits per heavy atom. The summed E-state index contributed by atoms with van der Waals surface area (Å²) >= 11 is 0. The molecule has 3 heterocycles. The summed E-state index contributed by atoms with van der Waals surface area (Å²) in [5, 5.41) is 3.13. The number of sulfone groups is 1. The average Bonchev–Trinajstić information content (AvgIpc) is 2.86. The van der Waals surface area contributed by atoms with Crippen molar-refractivity contribution in [3.63, 3.8) is 0 Å². The van der Waals surface area contributed by atoms with Gasteiger partial charge >= 0.3 is 6.03 Å². The maximum Gasteiger partial charge on any atom is 0.317 e. The van der Waals surface area contributed by atoms with Crippen LogP contribution < -0.4 is 5.32 Å². The Hall–Kier alpha value is -0.820. The lowest BCUT2D eigenvalue weighted by Crippen LogP contribution is -2.71. The van der Waals surface area contributed by atoms with Gasteiger partial charge in [-0.15, -0.1) is 0 Å². The van der Waals surface area contributed by atoms with Crippen molar-refractivity contribution < 1.29 is 13.2 Å². The van der Waals surface area contributed by atoms with Gasteiger partial charge in [-0.3, -0.25) is 0 Å². The Balaban J connectivity index is 1.37. The lowest BCUT2D eigenvalue weighted by Gasteiger charge is -2.51. The first-order valence-electron chi connectivity index (χ1n) is 10.5. The first-order valence-corrected chi connectivity index (χ1v) is 12.2. The molecule has 26 heavy (non-hydrogen) atoms. The molecule has 0 aromatic heterocycles. The minimum absolute atomic E-state index is 0.0543. The van der Waals surface area contributed by atoms with E-state index in [1.807, 2.05) is 0 Å². The molecule has 3 saturated heterocycles. The van der Waals surface area contributed by atoms with Gasteiger partial charge in [-0.1, -0.05) is 25.7 Å². The summed E-state index contributed by atoms with van der Waals surface area (Å²) in [6.07, 6.45) is 10.2. The number of piperidine rings is 1. The van der Waals surface area contributed by atoms with Gasteiger partial charge in [0, 0.05) is 25.7 Å². The zero-order valence-corrected chi connectivity index (χ0v) is 16.6. The molecule has 1 saturated carbocycles. The first kappa shape index (κ1) is 18.5. The van der Waals surface area contributed by atoms with Gasteiger partial charge in [-0.25, -0.2) is 13.2 Å². The van der Waals surface area contributed by atoms with Crippen molar-refractivity contribution in [2.45, 2.75) is 68.6 Å². The van der Waals surface area contributed by atoms with Gasteiger partial charge in [0.05, 0.1) is 5.75 Å². The van der Waals surface area contributed by atoms with Crippen LogP contribution in [0.25, 0.3) is 0 Å². The van der Waals surface area contributed by atoms with Crippen molar-refractivity contribution in [1.29, 1.82) is 0 Å². The number of amides is 2. The Kier molecular flexibility index (Phi) is 5.21. The molecule has 0 bridgehead atoms. The molecule has 0 aromatic rings. The number of rotatable bonds is 3. The number of urea groups is 1. The lowest BCUT2D eigenvalue weighted by atomic mass is 9.82. The van der Waals surface area contributed by atoms with Crippen LogP contribution >= 0.6 is 0 Å². The fraction of sp³-hybridized carbons (Fsp3) is 0.947. The topological polar surface area (TPSA) is 69.7 Å². The highest BCUT2D eigenvalue weighted by molar-refractivity contribution is 7.93. The van der Waals surface area contributed by atoms with Crippen LogP contribution in [0, 0.1) is 5.92 Å². The highest BCUT2D eigenvalue weighted by atomic mass is 32.2. The molecule has 0 radical (unpaired) electrons. The molecule has 7 heteroatoms. The number of hydrogen-bond donors (Lipinski definition) is 1. The summed E-state index contributed by atoms with van der Waals surface area (Å²) in [7, 11) is -3.10. The Morgan fingerprint density at radius 1 is 0.962 bits per heavy atom. The van der Waals surface area contributed by atoms with Crippen LogP contribution in [0.1, 0.15) is 57.8 Å². The molecule has 1 unspecified atom stereocenters. The van der Waals surface area contributed by atoms with Crippen molar-refractivity contribution in [3.8, 4) is 0 Å². The molecular formula is C19H33N3O3S. The van der Waals surface area contributed by atoms with E-state index in [1.165, 1.54) is 38.5 Å². The number of carbonyl (C=O) groups is 1. The van der Waals surface area contributed by atoms with E-state index in [4.69, 9.17) is 0 Å². The molecule has 1 atom stereocenters. The maximum absolute atomic E-state index is 12.8. The summed E-state index contributed by atoms with van der Waals surface area (Å²) in [5.41, 5.74) is 0. The summed E-state index contributed by atoms with van der Waals surface area (Å²) in [4.78, 5) is 16.7.